The Morgan fingerprint density at radius 1 is 1.12 bits per heavy atom. The maximum absolute atomic E-state index is 11.9. The van der Waals surface area contributed by atoms with Crippen molar-refractivity contribution in [2.75, 3.05) is 18.5 Å². The maximum atomic E-state index is 11.9. The van der Waals surface area contributed by atoms with E-state index < -0.39 is 28.2 Å². The van der Waals surface area contributed by atoms with Gasteiger partial charge in [-0.15, -0.1) is 0 Å². The average molecular weight is 350 g/mol. The molecule has 10 heteroatoms. The molecule has 0 aliphatic carbocycles. The molecule has 1 aromatic rings. The highest BCUT2D eigenvalue weighted by Gasteiger charge is 2.39. The number of fused-ring (bicyclic) bond motifs is 1. The van der Waals surface area contributed by atoms with Crippen molar-refractivity contribution in [3.05, 3.63) is 34.0 Å². The molecule has 0 spiro atoms. The van der Waals surface area contributed by atoms with Crippen LogP contribution in [0.5, 0.6) is 11.5 Å². The van der Waals surface area contributed by atoms with E-state index >= 15 is 0 Å². The van der Waals surface area contributed by atoms with Crippen LogP contribution in [0.1, 0.15) is 13.8 Å². The van der Waals surface area contributed by atoms with Crippen molar-refractivity contribution < 1.29 is 33.5 Å². The van der Waals surface area contributed by atoms with Crippen LogP contribution in [0.15, 0.2) is 23.9 Å². The number of rotatable bonds is 3. The number of hydrogen-bond acceptors (Lipinski definition) is 9. The Balaban J connectivity index is 1.91. The minimum atomic E-state index is -1.37. The number of nitro benzene ring substituents is 1. The second kappa shape index (κ2) is 5.96. The first kappa shape index (κ1) is 16.6. The number of cyclic esters (lactones) is 2. The van der Waals surface area contributed by atoms with E-state index in [2.05, 4.69) is 5.32 Å². The molecule has 132 valence electrons. The Hall–Kier alpha value is -3.30. The zero-order valence-electron chi connectivity index (χ0n) is 13.4. The van der Waals surface area contributed by atoms with Crippen LogP contribution in [0, 0.1) is 10.1 Å². The summed E-state index contributed by atoms with van der Waals surface area (Å²) in [5, 5.41) is 13.8. The zero-order chi connectivity index (χ0) is 18.2. The zero-order valence-corrected chi connectivity index (χ0v) is 13.4. The highest BCUT2D eigenvalue weighted by molar-refractivity contribution is 6.15. The number of carbonyl (C=O) groups excluding carboxylic acids is 2. The monoisotopic (exact) mass is 350 g/mol. The first-order valence-corrected chi connectivity index (χ1v) is 7.28. The molecule has 3 rings (SSSR count). The van der Waals surface area contributed by atoms with Crippen molar-refractivity contribution >= 4 is 23.3 Å². The lowest BCUT2D eigenvalue weighted by atomic mass is 10.2. The molecule has 0 unspecified atom stereocenters. The third kappa shape index (κ3) is 3.32. The van der Waals surface area contributed by atoms with Gasteiger partial charge in [0.15, 0.2) is 17.1 Å². The second-order valence-corrected chi connectivity index (χ2v) is 5.65. The molecule has 2 heterocycles. The number of ether oxygens (including phenoxy) is 4. The van der Waals surface area contributed by atoms with Crippen LogP contribution in [0.2, 0.25) is 0 Å². The molecule has 2 aliphatic heterocycles. The van der Waals surface area contributed by atoms with E-state index in [1.165, 1.54) is 26.0 Å². The molecular formula is C15H14N2O8. The van der Waals surface area contributed by atoms with Gasteiger partial charge in [0.25, 0.3) is 11.5 Å². The van der Waals surface area contributed by atoms with Gasteiger partial charge in [0, 0.05) is 26.1 Å². The Morgan fingerprint density at radius 2 is 1.68 bits per heavy atom. The topological polar surface area (TPSA) is 126 Å². The highest BCUT2D eigenvalue weighted by Crippen LogP contribution is 2.39. The first-order chi connectivity index (χ1) is 11.8. The average Bonchev–Trinajstić information content (AvgIpc) is 2.52. The molecule has 0 aromatic heterocycles. The van der Waals surface area contributed by atoms with Gasteiger partial charge in [0.1, 0.15) is 18.9 Å². The smallest absolute Gasteiger partial charge is 0.350 e. The largest absolute Gasteiger partial charge is 0.486 e. The van der Waals surface area contributed by atoms with Crippen molar-refractivity contribution in [2.24, 2.45) is 0 Å². The number of carbonyl (C=O) groups is 2. The third-order valence-electron chi connectivity index (χ3n) is 3.35. The van der Waals surface area contributed by atoms with Gasteiger partial charge in [-0.25, -0.2) is 9.59 Å². The van der Waals surface area contributed by atoms with Gasteiger partial charge in [-0.3, -0.25) is 10.1 Å². The van der Waals surface area contributed by atoms with E-state index in [1.54, 1.807) is 0 Å². The van der Waals surface area contributed by atoms with Gasteiger partial charge in [-0.2, -0.15) is 0 Å². The third-order valence-corrected chi connectivity index (χ3v) is 3.35. The van der Waals surface area contributed by atoms with E-state index in [0.29, 0.717) is 12.4 Å². The molecule has 2 aliphatic rings. The number of nitro groups is 1. The SMILES string of the molecule is CC1(C)OC(=O)C(=CNc2cc3c(cc2[N+](=O)[O-])OCCO3)C(=O)O1. The Bertz CT molecular complexity index is 777. The fourth-order valence-electron chi connectivity index (χ4n) is 2.27. The standard InChI is InChI=1S/C15H14N2O8/c1-15(2)24-13(18)8(14(19)25-15)7-16-9-5-11-12(23-4-3-22-11)6-10(9)17(20)21/h5-7,16H,3-4H2,1-2H3. The molecule has 0 radical (unpaired) electrons. The molecule has 0 atom stereocenters. The lowest BCUT2D eigenvalue weighted by molar-refractivity contribution is -0.384. The van der Waals surface area contributed by atoms with Crippen LogP contribution >= 0.6 is 0 Å². The molecule has 10 nitrogen and oxygen atoms in total. The minimum Gasteiger partial charge on any atom is -0.486 e. The van der Waals surface area contributed by atoms with Gasteiger partial charge >= 0.3 is 11.9 Å². The van der Waals surface area contributed by atoms with E-state index in [1.807, 2.05) is 0 Å². The van der Waals surface area contributed by atoms with Crippen LogP contribution in [0.3, 0.4) is 0 Å². The number of anilines is 1. The number of nitrogens with one attached hydrogen (secondary N) is 1. The summed E-state index contributed by atoms with van der Waals surface area (Å²) in [5.41, 5.74) is -0.699. The maximum Gasteiger partial charge on any atom is 0.350 e. The molecular weight excluding hydrogens is 336 g/mol. The van der Waals surface area contributed by atoms with Crippen LogP contribution in [0.25, 0.3) is 0 Å². The second-order valence-electron chi connectivity index (χ2n) is 5.65. The van der Waals surface area contributed by atoms with Gasteiger partial charge in [0.2, 0.25) is 0 Å². The molecule has 0 amide bonds. The summed E-state index contributed by atoms with van der Waals surface area (Å²) in [5.74, 6) is -2.60. The highest BCUT2D eigenvalue weighted by atomic mass is 16.7. The Kier molecular flexibility index (Phi) is 3.95. The lowest BCUT2D eigenvalue weighted by Crippen LogP contribution is -2.42. The summed E-state index contributed by atoms with van der Waals surface area (Å²) >= 11 is 0. The summed E-state index contributed by atoms with van der Waals surface area (Å²) in [6, 6.07) is 2.56. The summed E-state index contributed by atoms with van der Waals surface area (Å²) in [6.45, 7) is 3.42. The molecule has 0 bridgehead atoms. The molecule has 1 fully saturated rings. The van der Waals surface area contributed by atoms with Gasteiger partial charge < -0.3 is 24.3 Å². The van der Waals surface area contributed by atoms with E-state index in [0.717, 1.165) is 6.20 Å². The Labute approximate surface area is 141 Å². The summed E-state index contributed by atoms with van der Waals surface area (Å²) in [6.07, 6.45) is 0.998. The quantitative estimate of drug-likeness (QED) is 0.284. The summed E-state index contributed by atoms with van der Waals surface area (Å²) in [4.78, 5) is 34.4. The van der Waals surface area contributed by atoms with Gasteiger partial charge in [0.05, 0.1) is 11.0 Å². The molecule has 25 heavy (non-hydrogen) atoms. The van der Waals surface area contributed by atoms with Gasteiger partial charge in [-0.05, 0) is 0 Å². The minimum absolute atomic E-state index is 0.0205. The van der Waals surface area contributed by atoms with Gasteiger partial charge in [-0.1, -0.05) is 0 Å². The summed E-state index contributed by atoms with van der Waals surface area (Å²) < 4.78 is 20.6. The predicted octanol–water partition coefficient (Wildman–Crippen LogP) is 1.50. The van der Waals surface area contributed by atoms with E-state index in [-0.39, 0.29) is 23.7 Å². The van der Waals surface area contributed by atoms with Crippen molar-refractivity contribution in [3.8, 4) is 11.5 Å². The molecule has 0 saturated carbocycles. The van der Waals surface area contributed by atoms with E-state index in [4.69, 9.17) is 18.9 Å². The van der Waals surface area contributed by atoms with Crippen molar-refractivity contribution in [3.63, 3.8) is 0 Å². The lowest BCUT2D eigenvalue weighted by Gasteiger charge is -2.29. The first-order valence-electron chi connectivity index (χ1n) is 7.28. The fourth-order valence-corrected chi connectivity index (χ4v) is 2.27. The predicted molar refractivity (Wildman–Crippen MR) is 82.1 cm³/mol. The fraction of sp³-hybridized carbons (Fsp3) is 0.333. The molecule has 1 aromatic carbocycles. The normalized spacial score (nSPS) is 18.1. The van der Waals surface area contributed by atoms with Crippen LogP contribution in [0.4, 0.5) is 11.4 Å². The van der Waals surface area contributed by atoms with Crippen molar-refractivity contribution in [2.45, 2.75) is 19.6 Å². The van der Waals surface area contributed by atoms with Crippen LogP contribution < -0.4 is 14.8 Å². The number of hydrogen-bond donors (Lipinski definition) is 1. The van der Waals surface area contributed by atoms with Crippen molar-refractivity contribution in [1.82, 2.24) is 0 Å². The van der Waals surface area contributed by atoms with E-state index in [9.17, 15) is 19.7 Å². The van der Waals surface area contributed by atoms with Crippen molar-refractivity contribution in [1.29, 1.82) is 0 Å². The molecule has 1 saturated heterocycles. The van der Waals surface area contributed by atoms with Crippen LogP contribution in [-0.4, -0.2) is 35.9 Å². The number of esters is 2. The Morgan fingerprint density at radius 3 is 2.24 bits per heavy atom. The number of benzene rings is 1. The number of nitrogens with zero attached hydrogens (tertiary/aromatic N) is 1. The van der Waals surface area contributed by atoms with Crippen LogP contribution in [-0.2, 0) is 19.1 Å². The molecule has 1 N–H and O–H groups in total. The summed E-state index contributed by atoms with van der Waals surface area (Å²) in [7, 11) is 0.